The summed E-state index contributed by atoms with van der Waals surface area (Å²) in [7, 11) is 0. The van der Waals surface area contributed by atoms with Crippen molar-refractivity contribution in [1.29, 1.82) is 0 Å². The Morgan fingerprint density at radius 1 is 1.75 bits per heavy atom. The van der Waals surface area contributed by atoms with Crippen LogP contribution in [0, 0.1) is 0 Å². The van der Waals surface area contributed by atoms with Crippen molar-refractivity contribution in [3.63, 3.8) is 0 Å². The van der Waals surface area contributed by atoms with Crippen LogP contribution >= 0.6 is 12.6 Å². The number of carbonyl (C=O) groups is 1. The van der Waals surface area contributed by atoms with E-state index in [0.717, 1.165) is 18.4 Å². The van der Waals surface area contributed by atoms with Crippen molar-refractivity contribution < 1.29 is 4.79 Å². The molecule has 0 bridgehead atoms. The van der Waals surface area contributed by atoms with E-state index < -0.39 is 0 Å². The van der Waals surface area contributed by atoms with Gasteiger partial charge < -0.3 is 0 Å². The van der Waals surface area contributed by atoms with Gasteiger partial charge in [0.1, 0.15) is 5.78 Å². The van der Waals surface area contributed by atoms with Crippen LogP contribution in [0.1, 0.15) is 26.2 Å². The molecule has 0 fully saturated rings. The summed E-state index contributed by atoms with van der Waals surface area (Å²) >= 11 is 4.30. The Morgan fingerprint density at radius 2 is 2.50 bits per heavy atom. The second-order valence-corrected chi connectivity index (χ2v) is 3.45. The molecule has 1 atom stereocenters. The highest BCUT2D eigenvalue weighted by atomic mass is 32.1. The Balaban J connectivity index is 2.62. The molecule has 1 nitrogen and oxygen atoms in total. The first-order valence-electron chi connectivity index (χ1n) is 4.32. The zero-order chi connectivity index (χ0) is 8.97. The molecular formula is C10H14OS. The van der Waals surface area contributed by atoms with Crippen LogP contribution in [0.15, 0.2) is 23.8 Å². The second-order valence-electron chi connectivity index (χ2n) is 2.93. The number of hydrogen-bond acceptors (Lipinski definition) is 2. The molecule has 1 rings (SSSR count). The Morgan fingerprint density at radius 3 is 3.00 bits per heavy atom. The minimum Gasteiger partial charge on any atom is -0.298 e. The van der Waals surface area contributed by atoms with Crippen molar-refractivity contribution in [3.05, 3.63) is 23.8 Å². The number of allylic oxidation sites excluding steroid dienone is 3. The maximum Gasteiger partial charge on any atom is 0.149 e. The monoisotopic (exact) mass is 182 g/mol. The van der Waals surface area contributed by atoms with Crippen LogP contribution < -0.4 is 0 Å². The largest absolute Gasteiger partial charge is 0.298 e. The minimum absolute atomic E-state index is 0.167. The van der Waals surface area contributed by atoms with Gasteiger partial charge in [-0.05, 0) is 18.4 Å². The van der Waals surface area contributed by atoms with Crippen molar-refractivity contribution in [1.82, 2.24) is 0 Å². The Kier molecular flexibility index (Phi) is 3.60. The van der Waals surface area contributed by atoms with Gasteiger partial charge in [0.05, 0.1) is 5.25 Å². The van der Waals surface area contributed by atoms with Gasteiger partial charge in [-0.15, -0.1) is 0 Å². The molecule has 1 unspecified atom stereocenters. The van der Waals surface area contributed by atoms with E-state index >= 15 is 0 Å². The molecular weight excluding hydrogens is 168 g/mol. The number of carbonyl (C=O) groups excluding carboxylic acids is 1. The van der Waals surface area contributed by atoms with Gasteiger partial charge in [-0.2, -0.15) is 12.6 Å². The van der Waals surface area contributed by atoms with Gasteiger partial charge in [-0.3, -0.25) is 4.79 Å². The molecule has 0 aromatic heterocycles. The number of ketones is 1. The smallest absolute Gasteiger partial charge is 0.149 e. The van der Waals surface area contributed by atoms with E-state index in [4.69, 9.17) is 0 Å². The molecule has 0 amide bonds. The fourth-order valence-corrected chi connectivity index (χ4v) is 1.65. The van der Waals surface area contributed by atoms with Crippen LogP contribution in [0.3, 0.4) is 0 Å². The Labute approximate surface area is 79.0 Å². The van der Waals surface area contributed by atoms with E-state index in [1.54, 1.807) is 0 Å². The fourth-order valence-electron chi connectivity index (χ4n) is 1.25. The zero-order valence-corrected chi connectivity index (χ0v) is 8.18. The molecule has 66 valence electrons. The molecule has 12 heavy (non-hydrogen) atoms. The highest BCUT2D eigenvalue weighted by molar-refractivity contribution is 7.82. The molecule has 0 radical (unpaired) electrons. The van der Waals surface area contributed by atoms with Gasteiger partial charge in [-0.1, -0.05) is 25.2 Å². The average Bonchev–Trinajstić information content (AvgIpc) is 2.17. The lowest BCUT2D eigenvalue weighted by Crippen LogP contribution is -2.16. The summed E-state index contributed by atoms with van der Waals surface area (Å²) in [6.07, 6.45) is 8.73. The summed E-state index contributed by atoms with van der Waals surface area (Å²) in [4.78, 5) is 11.3. The second kappa shape index (κ2) is 4.51. The molecule has 0 aliphatic heterocycles. The fraction of sp³-hybridized carbons (Fsp3) is 0.500. The van der Waals surface area contributed by atoms with Gasteiger partial charge in [0.2, 0.25) is 0 Å². The van der Waals surface area contributed by atoms with Crippen molar-refractivity contribution in [3.8, 4) is 0 Å². The quantitative estimate of drug-likeness (QED) is 0.664. The number of hydrogen-bond donors (Lipinski definition) is 1. The highest BCUT2D eigenvalue weighted by Crippen LogP contribution is 2.20. The van der Waals surface area contributed by atoms with E-state index in [1.165, 1.54) is 0 Å². The molecule has 0 saturated heterocycles. The van der Waals surface area contributed by atoms with Crippen LogP contribution in [-0.4, -0.2) is 11.0 Å². The third-order valence-corrected chi connectivity index (χ3v) is 2.67. The van der Waals surface area contributed by atoms with Crippen LogP contribution in [-0.2, 0) is 4.79 Å². The zero-order valence-electron chi connectivity index (χ0n) is 7.29. The number of Topliss-reactive ketones (excluding diaryl/α,β-unsaturated/α-hetero) is 1. The van der Waals surface area contributed by atoms with Crippen molar-refractivity contribution in [2.75, 3.05) is 0 Å². The molecule has 0 aromatic carbocycles. The third kappa shape index (κ3) is 2.24. The third-order valence-electron chi connectivity index (χ3n) is 2.05. The van der Waals surface area contributed by atoms with Gasteiger partial charge >= 0.3 is 0 Å². The first-order chi connectivity index (χ1) is 5.75. The SMILES string of the molecule is CCC(=O)C(S)C1=CC=CCC1. The van der Waals surface area contributed by atoms with Crippen molar-refractivity contribution >= 4 is 18.4 Å². The first-order valence-corrected chi connectivity index (χ1v) is 4.83. The van der Waals surface area contributed by atoms with Gasteiger partial charge in [-0.25, -0.2) is 0 Å². The standard InChI is InChI=1S/C10H14OS/c1-2-9(11)10(12)8-6-4-3-5-7-8/h3-4,6,10,12H,2,5,7H2,1H3. The normalized spacial score (nSPS) is 18.7. The molecule has 1 aliphatic carbocycles. The first kappa shape index (κ1) is 9.59. The lowest BCUT2D eigenvalue weighted by molar-refractivity contribution is -0.117. The number of thiol groups is 1. The van der Waals surface area contributed by atoms with Crippen LogP contribution in [0.25, 0.3) is 0 Å². The predicted molar refractivity (Wildman–Crippen MR) is 54.5 cm³/mol. The highest BCUT2D eigenvalue weighted by Gasteiger charge is 2.16. The lowest BCUT2D eigenvalue weighted by atomic mass is 9.98. The van der Waals surface area contributed by atoms with Crippen molar-refractivity contribution in [2.45, 2.75) is 31.4 Å². The van der Waals surface area contributed by atoms with Crippen molar-refractivity contribution in [2.24, 2.45) is 0 Å². The Hall–Kier alpha value is -0.500. The average molecular weight is 182 g/mol. The summed E-state index contributed by atoms with van der Waals surface area (Å²) in [6.45, 7) is 1.88. The van der Waals surface area contributed by atoms with Crippen LogP contribution in [0.2, 0.25) is 0 Å². The molecule has 0 aromatic rings. The van der Waals surface area contributed by atoms with E-state index in [0.29, 0.717) is 6.42 Å². The summed E-state index contributed by atoms with van der Waals surface area (Å²) in [5.41, 5.74) is 1.16. The molecule has 0 N–H and O–H groups in total. The van der Waals surface area contributed by atoms with Gasteiger partial charge in [0, 0.05) is 6.42 Å². The van der Waals surface area contributed by atoms with Crippen LogP contribution in [0.4, 0.5) is 0 Å². The summed E-state index contributed by atoms with van der Waals surface area (Å²) in [5, 5.41) is -0.167. The maximum atomic E-state index is 11.3. The summed E-state index contributed by atoms with van der Waals surface area (Å²) < 4.78 is 0. The van der Waals surface area contributed by atoms with E-state index in [1.807, 2.05) is 19.1 Å². The summed E-state index contributed by atoms with van der Waals surface area (Å²) in [6, 6.07) is 0. The molecule has 1 aliphatic rings. The van der Waals surface area contributed by atoms with E-state index in [2.05, 4.69) is 18.7 Å². The predicted octanol–water partition coefficient (Wildman–Crippen LogP) is 2.54. The summed E-state index contributed by atoms with van der Waals surface area (Å²) in [5.74, 6) is 0.222. The number of rotatable bonds is 3. The topological polar surface area (TPSA) is 17.1 Å². The Bertz CT molecular complexity index is 228. The van der Waals surface area contributed by atoms with Crippen LogP contribution in [0.5, 0.6) is 0 Å². The van der Waals surface area contributed by atoms with E-state index in [-0.39, 0.29) is 11.0 Å². The van der Waals surface area contributed by atoms with E-state index in [9.17, 15) is 4.79 Å². The molecule has 0 heterocycles. The van der Waals surface area contributed by atoms with Gasteiger partial charge in [0.25, 0.3) is 0 Å². The van der Waals surface area contributed by atoms with Gasteiger partial charge in [0.15, 0.2) is 0 Å². The molecule has 2 heteroatoms. The molecule has 0 spiro atoms. The lowest BCUT2D eigenvalue weighted by Gasteiger charge is -2.14. The minimum atomic E-state index is -0.167. The maximum absolute atomic E-state index is 11.3. The molecule has 0 saturated carbocycles.